The Bertz CT molecular complexity index is 421. The normalized spacial score (nSPS) is 12.8. The molecule has 4 heteroatoms. The van der Waals surface area contributed by atoms with Crippen molar-refractivity contribution in [3.63, 3.8) is 0 Å². The van der Waals surface area contributed by atoms with Gasteiger partial charge in [-0.15, -0.1) is 0 Å². The van der Waals surface area contributed by atoms with Crippen LogP contribution in [0.3, 0.4) is 0 Å². The van der Waals surface area contributed by atoms with Gasteiger partial charge in [0.25, 0.3) is 0 Å². The second-order valence-electron chi connectivity index (χ2n) is 6.20. The van der Waals surface area contributed by atoms with Gasteiger partial charge in [0, 0.05) is 5.54 Å². The molecular formula is C16H26N2O2. The Morgan fingerprint density at radius 1 is 1.25 bits per heavy atom. The number of hydrogen-bond donors (Lipinski definition) is 2. The summed E-state index contributed by atoms with van der Waals surface area (Å²) >= 11 is 0. The van der Waals surface area contributed by atoms with Crippen LogP contribution in [0, 0.1) is 6.92 Å². The fraction of sp³-hybridized carbons (Fsp3) is 0.562. The Kier molecular flexibility index (Phi) is 6.02. The van der Waals surface area contributed by atoms with Gasteiger partial charge in [-0.3, -0.25) is 4.79 Å². The molecule has 0 aliphatic rings. The van der Waals surface area contributed by atoms with E-state index < -0.39 is 0 Å². The second kappa shape index (κ2) is 7.29. The van der Waals surface area contributed by atoms with Crippen molar-refractivity contribution in [2.75, 3.05) is 13.2 Å². The first-order valence-corrected chi connectivity index (χ1v) is 7.00. The standard InChI is InChI=1S/C16H26N2O2/c1-12-6-8-14(9-7-12)20-11-13(2)18-15(19)10-17-16(3,4)5/h6-9,13,17H,10-11H2,1-5H3,(H,18,19). The summed E-state index contributed by atoms with van der Waals surface area (Å²) in [7, 11) is 0. The summed E-state index contributed by atoms with van der Waals surface area (Å²) in [6, 6.07) is 7.86. The van der Waals surface area contributed by atoms with Crippen LogP contribution < -0.4 is 15.4 Å². The van der Waals surface area contributed by atoms with E-state index in [0.717, 1.165) is 5.75 Å². The molecule has 1 amide bonds. The first kappa shape index (κ1) is 16.5. The first-order chi connectivity index (χ1) is 9.26. The SMILES string of the molecule is Cc1ccc(OCC(C)NC(=O)CNC(C)(C)C)cc1. The van der Waals surface area contributed by atoms with Crippen LogP contribution in [0.5, 0.6) is 5.75 Å². The van der Waals surface area contributed by atoms with E-state index in [4.69, 9.17) is 4.74 Å². The predicted molar refractivity (Wildman–Crippen MR) is 82.0 cm³/mol. The third-order valence-electron chi connectivity index (χ3n) is 2.71. The third-order valence-corrected chi connectivity index (χ3v) is 2.71. The van der Waals surface area contributed by atoms with Gasteiger partial charge in [0.15, 0.2) is 0 Å². The molecule has 0 aromatic heterocycles. The Balaban J connectivity index is 2.27. The highest BCUT2D eigenvalue weighted by Crippen LogP contribution is 2.11. The lowest BCUT2D eigenvalue weighted by atomic mass is 10.1. The van der Waals surface area contributed by atoms with Crippen molar-refractivity contribution in [2.45, 2.75) is 46.2 Å². The van der Waals surface area contributed by atoms with Gasteiger partial charge in [0.1, 0.15) is 12.4 Å². The topological polar surface area (TPSA) is 50.4 Å². The Labute approximate surface area is 121 Å². The van der Waals surface area contributed by atoms with Gasteiger partial charge < -0.3 is 15.4 Å². The first-order valence-electron chi connectivity index (χ1n) is 7.00. The lowest BCUT2D eigenvalue weighted by molar-refractivity contribution is -0.121. The molecule has 0 aliphatic heterocycles. The summed E-state index contributed by atoms with van der Waals surface area (Å²) in [6.07, 6.45) is 0. The molecule has 112 valence electrons. The number of benzene rings is 1. The largest absolute Gasteiger partial charge is 0.491 e. The van der Waals surface area contributed by atoms with Crippen molar-refractivity contribution in [2.24, 2.45) is 0 Å². The molecule has 1 unspecified atom stereocenters. The summed E-state index contributed by atoms with van der Waals surface area (Å²) < 4.78 is 5.63. The molecule has 1 atom stereocenters. The quantitative estimate of drug-likeness (QED) is 0.839. The zero-order valence-corrected chi connectivity index (χ0v) is 13.1. The van der Waals surface area contributed by atoms with Crippen molar-refractivity contribution >= 4 is 5.91 Å². The minimum Gasteiger partial charge on any atom is -0.491 e. The molecule has 0 radical (unpaired) electrons. The van der Waals surface area contributed by atoms with E-state index >= 15 is 0 Å². The molecule has 0 saturated heterocycles. The van der Waals surface area contributed by atoms with Crippen LogP contribution in [0.15, 0.2) is 24.3 Å². The smallest absolute Gasteiger partial charge is 0.234 e. The molecule has 0 aliphatic carbocycles. The second-order valence-corrected chi connectivity index (χ2v) is 6.20. The summed E-state index contributed by atoms with van der Waals surface area (Å²) in [6.45, 7) is 10.8. The van der Waals surface area contributed by atoms with E-state index in [1.165, 1.54) is 5.56 Å². The van der Waals surface area contributed by atoms with Crippen LogP contribution in [-0.4, -0.2) is 30.6 Å². The molecule has 1 rings (SSSR count). The van der Waals surface area contributed by atoms with Gasteiger partial charge >= 0.3 is 0 Å². The summed E-state index contributed by atoms with van der Waals surface area (Å²) in [5, 5.41) is 6.06. The monoisotopic (exact) mass is 278 g/mol. The van der Waals surface area contributed by atoms with E-state index in [2.05, 4.69) is 10.6 Å². The van der Waals surface area contributed by atoms with Gasteiger partial charge in [-0.2, -0.15) is 0 Å². The maximum Gasteiger partial charge on any atom is 0.234 e. The van der Waals surface area contributed by atoms with Gasteiger partial charge in [-0.05, 0) is 46.8 Å². The molecule has 0 saturated carbocycles. The minimum atomic E-state index is -0.0566. The van der Waals surface area contributed by atoms with Crippen molar-refractivity contribution in [1.29, 1.82) is 0 Å². The van der Waals surface area contributed by atoms with E-state index in [9.17, 15) is 4.79 Å². The van der Waals surface area contributed by atoms with E-state index in [0.29, 0.717) is 13.2 Å². The zero-order valence-electron chi connectivity index (χ0n) is 13.1. The molecule has 2 N–H and O–H groups in total. The van der Waals surface area contributed by atoms with Crippen LogP contribution in [0.1, 0.15) is 33.3 Å². The molecular weight excluding hydrogens is 252 g/mol. The third kappa shape index (κ3) is 7.14. The number of ether oxygens (including phenoxy) is 1. The van der Waals surface area contributed by atoms with Crippen molar-refractivity contribution in [3.05, 3.63) is 29.8 Å². The van der Waals surface area contributed by atoms with Gasteiger partial charge in [0.2, 0.25) is 5.91 Å². The van der Waals surface area contributed by atoms with Crippen molar-refractivity contribution in [1.82, 2.24) is 10.6 Å². The average molecular weight is 278 g/mol. The number of amides is 1. The number of carbonyl (C=O) groups is 1. The summed E-state index contributed by atoms with van der Waals surface area (Å²) in [4.78, 5) is 11.7. The highest BCUT2D eigenvalue weighted by atomic mass is 16.5. The highest BCUT2D eigenvalue weighted by Gasteiger charge is 2.13. The van der Waals surface area contributed by atoms with E-state index in [-0.39, 0.29) is 17.5 Å². The summed E-state index contributed by atoms with van der Waals surface area (Å²) in [5.41, 5.74) is 1.14. The number of nitrogens with one attached hydrogen (secondary N) is 2. The zero-order chi connectivity index (χ0) is 15.2. The van der Waals surface area contributed by atoms with Crippen LogP contribution in [0.2, 0.25) is 0 Å². The molecule has 1 aromatic carbocycles. The maximum atomic E-state index is 11.7. The van der Waals surface area contributed by atoms with Crippen molar-refractivity contribution < 1.29 is 9.53 Å². The fourth-order valence-corrected chi connectivity index (χ4v) is 1.57. The number of hydrogen-bond acceptors (Lipinski definition) is 3. The Morgan fingerprint density at radius 3 is 2.40 bits per heavy atom. The molecule has 20 heavy (non-hydrogen) atoms. The van der Waals surface area contributed by atoms with Crippen LogP contribution in [0.4, 0.5) is 0 Å². The molecule has 0 heterocycles. The molecule has 1 aromatic rings. The van der Waals surface area contributed by atoms with E-state index in [1.54, 1.807) is 0 Å². The van der Waals surface area contributed by atoms with Crippen molar-refractivity contribution in [3.8, 4) is 5.75 Å². The number of carbonyl (C=O) groups excluding carboxylic acids is 1. The highest BCUT2D eigenvalue weighted by molar-refractivity contribution is 5.78. The minimum absolute atomic E-state index is 0.0140. The summed E-state index contributed by atoms with van der Waals surface area (Å²) in [5.74, 6) is 0.810. The number of aryl methyl sites for hydroxylation is 1. The average Bonchev–Trinajstić information content (AvgIpc) is 2.35. The predicted octanol–water partition coefficient (Wildman–Crippen LogP) is 2.27. The van der Waals surface area contributed by atoms with E-state index in [1.807, 2.05) is 58.9 Å². The molecule has 0 fully saturated rings. The lowest BCUT2D eigenvalue weighted by Crippen LogP contribution is -2.46. The van der Waals surface area contributed by atoms with Gasteiger partial charge in [-0.25, -0.2) is 0 Å². The fourth-order valence-electron chi connectivity index (χ4n) is 1.57. The number of rotatable bonds is 6. The Morgan fingerprint density at radius 2 is 1.85 bits per heavy atom. The molecule has 4 nitrogen and oxygen atoms in total. The van der Waals surface area contributed by atoms with Crippen LogP contribution >= 0.6 is 0 Å². The maximum absolute atomic E-state index is 11.7. The molecule has 0 bridgehead atoms. The Hall–Kier alpha value is -1.55. The van der Waals surface area contributed by atoms with Gasteiger partial charge in [-0.1, -0.05) is 17.7 Å². The van der Waals surface area contributed by atoms with Crippen LogP contribution in [0.25, 0.3) is 0 Å². The van der Waals surface area contributed by atoms with Crippen LogP contribution in [-0.2, 0) is 4.79 Å². The lowest BCUT2D eigenvalue weighted by Gasteiger charge is -2.21. The molecule has 0 spiro atoms. The van der Waals surface area contributed by atoms with Gasteiger partial charge in [0.05, 0.1) is 12.6 Å².